The first-order valence-corrected chi connectivity index (χ1v) is 14.0. The maximum Gasteiger partial charge on any atom is 0.253 e. The largest absolute Gasteiger partial charge is 0.369 e. The van der Waals surface area contributed by atoms with Gasteiger partial charge in [-0.3, -0.25) is 9.59 Å². The zero-order chi connectivity index (χ0) is 25.2. The topological polar surface area (TPSA) is 99.3 Å². The second-order valence-electron chi connectivity index (χ2n) is 9.27. The molecule has 9 heteroatoms. The summed E-state index contributed by atoms with van der Waals surface area (Å²) in [5.74, 6) is -0.294. The van der Waals surface area contributed by atoms with E-state index in [1.165, 1.54) is 6.26 Å². The molecule has 1 aromatic carbocycles. The lowest BCUT2D eigenvalue weighted by Gasteiger charge is -2.38. The lowest BCUT2D eigenvalue weighted by atomic mass is 9.92. The molecule has 1 heterocycles. The molecule has 1 aromatic heterocycles. The predicted molar refractivity (Wildman–Crippen MR) is 138 cm³/mol. The van der Waals surface area contributed by atoms with Gasteiger partial charge in [0.2, 0.25) is 0 Å². The van der Waals surface area contributed by atoms with Gasteiger partial charge in [0.05, 0.1) is 5.25 Å². The Hall–Kier alpha value is -2.32. The van der Waals surface area contributed by atoms with Crippen molar-refractivity contribution in [1.29, 1.82) is 0 Å². The number of rotatable bonds is 7. The van der Waals surface area contributed by atoms with Gasteiger partial charge in [-0.1, -0.05) is 11.6 Å². The molecule has 7 nitrogen and oxygen atoms in total. The Morgan fingerprint density at radius 1 is 1.15 bits per heavy atom. The molecule has 0 saturated heterocycles. The van der Waals surface area contributed by atoms with Crippen LogP contribution in [0.25, 0.3) is 0 Å². The molecule has 1 aliphatic rings. The third kappa shape index (κ3) is 5.84. The fourth-order valence-electron chi connectivity index (χ4n) is 4.97. The fraction of sp³-hybridized carbons (Fsp3) is 0.520. The van der Waals surface area contributed by atoms with Crippen LogP contribution in [0.3, 0.4) is 0 Å². The second-order valence-corrected chi connectivity index (χ2v) is 12.0. The average Bonchev–Trinajstić information content (AvgIpc) is 2.75. The highest BCUT2D eigenvalue weighted by Crippen LogP contribution is 2.34. The van der Waals surface area contributed by atoms with Gasteiger partial charge < -0.3 is 15.2 Å². The first kappa shape index (κ1) is 26.3. The van der Waals surface area contributed by atoms with Crippen LogP contribution < -0.4 is 15.8 Å². The Labute approximate surface area is 206 Å². The quantitative estimate of drug-likeness (QED) is 0.588. The van der Waals surface area contributed by atoms with Gasteiger partial charge in [-0.25, -0.2) is 8.42 Å². The standard InChI is InChI=1S/C25H34ClN3O4S/c1-6-29(19-7-9-20(10-8-19)34(5,32)33)23-13-18(26)12-21(17(23)4)24(30)27-14-22-15(2)11-16(3)28-25(22)31/h11-13,19-20H,6-10,14H2,1-5H3,(H,27,30)(H,28,31)/t19-,20-. The predicted octanol–water partition coefficient (Wildman–Crippen LogP) is 4.07. The van der Waals surface area contributed by atoms with Crippen LogP contribution in [0.4, 0.5) is 5.69 Å². The number of halogens is 1. The molecule has 0 bridgehead atoms. The van der Waals surface area contributed by atoms with E-state index in [1.54, 1.807) is 6.07 Å². The highest BCUT2D eigenvalue weighted by Gasteiger charge is 2.31. The third-order valence-electron chi connectivity index (χ3n) is 6.85. The number of carbonyl (C=O) groups is 1. The molecule has 1 aliphatic carbocycles. The molecule has 0 unspecified atom stereocenters. The normalized spacial score (nSPS) is 18.5. The molecule has 2 aromatic rings. The lowest BCUT2D eigenvalue weighted by Crippen LogP contribution is -2.41. The number of nitrogens with one attached hydrogen (secondary N) is 2. The number of H-pyrrole nitrogens is 1. The van der Waals surface area contributed by atoms with E-state index < -0.39 is 9.84 Å². The summed E-state index contributed by atoms with van der Waals surface area (Å²) in [6.07, 6.45) is 4.13. The Kier molecular flexibility index (Phi) is 8.14. The number of anilines is 1. The van der Waals surface area contributed by atoms with Crippen molar-refractivity contribution in [2.45, 2.75) is 71.2 Å². The molecule has 2 N–H and O–H groups in total. The van der Waals surface area contributed by atoms with Crippen molar-refractivity contribution < 1.29 is 13.2 Å². The first-order valence-electron chi connectivity index (χ1n) is 11.7. The van der Waals surface area contributed by atoms with E-state index in [0.29, 0.717) is 35.5 Å². The van der Waals surface area contributed by atoms with Gasteiger partial charge in [0.15, 0.2) is 0 Å². The summed E-state index contributed by atoms with van der Waals surface area (Å²) in [5.41, 5.74) is 4.08. The molecule has 0 radical (unpaired) electrons. The summed E-state index contributed by atoms with van der Waals surface area (Å²) in [7, 11) is -3.03. The molecule has 1 amide bonds. The second kappa shape index (κ2) is 10.5. The number of aromatic amines is 1. The van der Waals surface area contributed by atoms with Gasteiger partial charge in [-0.05, 0) is 82.7 Å². The smallest absolute Gasteiger partial charge is 0.253 e. The van der Waals surface area contributed by atoms with E-state index in [2.05, 4.69) is 22.1 Å². The van der Waals surface area contributed by atoms with Crippen LogP contribution in [0.2, 0.25) is 5.02 Å². The van der Waals surface area contributed by atoms with Crippen molar-refractivity contribution >= 4 is 33.0 Å². The Morgan fingerprint density at radius 2 is 1.79 bits per heavy atom. The summed E-state index contributed by atoms with van der Waals surface area (Å²) in [4.78, 5) is 30.4. The number of aromatic nitrogens is 1. The summed E-state index contributed by atoms with van der Waals surface area (Å²) >= 11 is 6.43. The molecule has 0 aliphatic heterocycles. The lowest BCUT2D eigenvalue weighted by molar-refractivity contribution is 0.0950. The monoisotopic (exact) mass is 507 g/mol. The van der Waals surface area contributed by atoms with Crippen LogP contribution in [0.1, 0.15) is 65.3 Å². The minimum Gasteiger partial charge on any atom is -0.369 e. The fourth-order valence-corrected chi connectivity index (χ4v) is 6.32. The minimum absolute atomic E-state index is 0.120. The Morgan fingerprint density at radius 3 is 2.35 bits per heavy atom. The number of nitrogens with zero attached hydrogens (tertiary/aromatic N) is 1. The van der Waals surface area contributed by atoms with Gasteiger partial charge in [0, 0.05) is 52.9 Å². The molecule has 3 rings (SSSR count). The number of hydrogen-bond acceptors (Lipinski definition) is 5. The number of pyridine rings is 1. The van der Waals surface area contributed by atoms with E-state index in [0.717, 1.165) is 35.3 Å². The van der Waals surface area contributed by atoms with E-state index >= 15 is 0 Å². The van der Waals surface area contributed by atoms with Gasteiger partial charge in [-0.15, -0.1) is 0 Å². The number of aryl methyl sites for hydroxylation is 2. The number of hydrogen-bond donors (Lipinski definition) is 2. The van der Waals surface area contributed by atoms with Gasteiger partial charge >= 0.3 is 0 Å². The van der Waals surface area contributed by atoms with E-state index in [4.69, 9.17) is 11.6 Å². The van der Waals surface area contributed by atoms with Crippen LogP contribution in [-0.4, -0.2) is 43.4 Å². The van der Waals surface area contributed by atoms with Crippen LogP contribution in [0, 0.1) is 20.8 Å². The molecule has 186 valence electrons. The van der Waals surface area contributed by atoms with Gasteiger partial charge in [-0.2, -0.15) is 0 Å². The van der Waals surface area contributed by atoms with E-state index in [9.17, 15) is 18.0 Å². The van der Waals surface area contributed by atoms with Crippen molar-refractivity contribution in [2.75, 3.05) is 17.7 Å². The average molecular weight is 508 g/mol. The number of amides is 1. The van der Waals surface area contributed by atoms with Crippen molar-refractivity contribution in [2.24, 2.45) is 0 Å². The van der Waals surface area contributed by atoms with Gasteiger partial charge in [0.1, 0.15) is 9.84 Å². The zero-order valence-corrected chi connectivity index (χ0v) is 22.1. The van der Waals surface area contributed by atoms with Crippen molar-refractivity contribution in [1.82, 2.24) is 10.3 Å². The van der Waals surface area contributed by atoms with E-state index in [1.807, 2.05) is 32.9 Å². The summed E-state index contributed by atoms with van der Waals surface area (Å²) in [5, 5.41) is 3.04. The molecule has 0 atom stereocenters. The number of carbonyl (C=O) groups excluding carboxylic acids is 1. The van der Waals surface area contributed by atoms with Gasteiger partial charge in [0.25, 0.3) is 11.5 Å². The van der Waals surface area contributed by atoms with Crippen LogP contribution >= 0.6 is 11.6 Å². The number of benzene rings is 1. The molecule has 0 spiro atoms. The minimum atomic E-state index is -3.03. The molecular formula is C25H34ClN3O4S. The van der Waals surface area contributed by atoms with Crippen LogP contribution in [0.5, 0.6) is 0 Å². The van der Waals surface area contributed by atoms with Crippen molar-refractivity contribution in [3.05, 3.63) is 61.5 Å². The first-order chi connectivity index (χ1) is 15.9. The van der Waals surface area contributed by atoms with Crippen LogP contribution in [-0.2, 0) is 16.4 Å². The zero-order valence-electron chi connectivity index (χ0n) is 20.5. The highest BCUT2D eigenvalue weighted by molar-refractivity contribution is 7.91. The van der Waals surface area contributed by atoms with Crippen molar-refractivity contribution in [3.63, 3.8) is 0 Å². The summed E-state index contributed by atoms with van der Waals surface area (Å²) in [6, 6.07) is 5.58. The SMILES string of the molecule is CCN(c1cc(Cl)cc(C(=O)NCc2c(C)cc(C)[nH]c2=O)c1C)[C@H]1CC[C@H](S(C)(=O)=O)CC1. The van der Waals surface area contributed by atoms with Crippen LogP contribution in [0.15, 0.2) is 23.0 Å². The van der Waals surface area contributed by atoms with E-state index in [-0.39, 0.29) is 29.3 Å². The maximum atomic E-state index is 13.1. The van der Waals surface area contributed by atoms with Crippen molar-refractivity contribution in [3.8, 4) is 0 Å². The molecule has 34 heavy (non-hydrogen) atoms. The number of sulfone groups is 1. The Bertz CT molecular complexity index is 1230. The third-order valence-corrected chi connectivity index (χ3v) is 8.75. The maximum absolute atomic E-state index is 13.1. The molecule has 1 saturated carbocycles. The Balaban J connectivity index is 1.82. The summed E-state index contributed by atoms with van der Waals surface area (Å²) in [6.45, 7) is 8.46. The molecule has 1 fully saturated rings. The molecular weight excluding hydrogens is 474 g/mol. The highest BCUT2D eigenvalue weighted by atomic mass is 35.5. The summed E-state index contributed by atoms with van der Waals surface area (Å²) < 4.78 is 23.9.